The molecule has 0 saturated carbocycles. The summed E-state index contributed by atoms with van der Waals surface area (Å²) in [6.07, 6.45) is 6.23. The molecule has 3 heterocycles. The van der Waals surface area contributed by atoms with E-state index in [1.807, 2.05) is 19.0 Å². The number of likely N-dealkylation sites (N-methyl/N-ethyl adjacent to an activating group) is 1. The van der Waals surface area contributed by atoms with Crippen LogP contribution in [0.15, 0.2) is 83.9 Å². The van der Waals surface area contributed by atoms with E-state index in [9.17, 15) is 9.59 Å². The lowest BCUT2D eigenvalue weighted by Gasteiger charge is -2.21. The van der Waals surface area contributed by atoms with E-state index in [0.29, 0.717) is 29.0 Å². The quantitative estimate of drug-likeness (QED) is 0.179. The van der Waals surface area contributed by atoms with Gasteiger partial charge in [0.05, 0.1) is 31.4 Å². The second kappa shape index (κ2) is 14.2. The molecule has 2 N–H and O–H groups in total. The zero-order valence-corrected chi connectivity index (χ0v) is 26.4. The summed E-state index contributed by atoms with van der Waals surface area (Å²) in [5.41, 5.74) is -0.346. The van der Waals surface area contributed by atoms with Crippen molar-refractivity contribution >= 4 is 34.4 Å². The summed E-state index contributed by atoms with van der Waals surface area (Å²) in [5, 5.41) is 6.17. The number of anilines is 3. The number of nitrogens with zero attached hydrogens (tertiary/aromatic N) is 5. The molecule has 5 rings (SSSR count). The predicted molar refractivity (Wildman–Crippen MR) is 176 cm³/mol. The van der Waals surface area contributed by atoms with Crippen molar-refractivity contribution in [2.45, 2.75) is 13.0 Å². The molecule has 5 aromatic rings. The molecule has 13 heteroatoms. The fourth-order valence-electron chi connectivity index (χ4n) is 4.97. The van der Waals surface area contributed by atoms with Crippen molar-refractivity contribution in [1.29, 1.82) is 0 Å². The Kier molecular flexibility index (Phi) is 9.85. The first-order valence-corrected chi connectivity index (χ1v) is 14.5. The van der Waals surface area contributed by atoms with Crippen molar-refractivity contribution in [3.8, 4) is 22.6 Å². The maximum absolute atomic E-state index is 15.7. The molecule has 1 unspecified atom stereocenters. The third-order valence-electron chi connectivity index (χ3n) is 7.28. The second-order valence-corrected chi connectivity index (χ2v) is 10.8. The molecule has 0 fully saturated rings. The number of hydrogen-bond acceptors (Lipinski definition) is 9. The number of carbonyl (C=O) groups is 1. The summed E-state index contributed by atoms with van der Waals surface area (Å²) in [6.45, 7) is 2.34. The van der Waals surface area contributed by atoms with Gasteiger partial charge in [-0.25, -0.2) is 18.7 Å². The lowest BCUT2D eigenvalue weighted by molar-refractivity contribution is -0.111. The fraction of sp³-hybridized carbons (Fsp3) is 0.206. The summed E-state index contributed by atoms with van der Waals surface area (Å²) in [5.74, 6) is -2.43. The first-order valence-electron chi connectivity index (χ1n) is 14.5. The molecule has 0 aliphatic rings. The van der Waals surface area contributed by atoms with Crippen molar-refractivity contribution in [3.05, 3.63) is 107 Å². The van der Waals surface area contributed by atoms with Gasteiger partial charge in [0.15, 0.2) is 23.1 Å². The Balaban J connectivity index is 1.68. The fourth-order valence-corrected chi connectivity index (χ4v) is 4.97. The van der Waals surface area contributed by atoms with Crippen molar-refractivity contribution < 1.29 is 23.0 Å². The third-order valence-corrected chi connectivity index (χ3v) is 7.28. The van der Waals surface area contributed by atoms with Crippen LogP contribution in [0.4, 0.5) is 26.2 Å². The zero-order chi connectivity index (χ0) is 33.7. The van der Waals surface area contributed by atoms with Crippen LogP contribution in [0.3, 0.4) is 0 Å². The van der Waals surface area contributed by atoms with Crippen LogP contribution < -0.4 is 25.7 Å². The summed E-state index contributed by atoms with van der Waals surface area (Å²) >= 11 is 0. The van der Waals surface area contributed by atoms with Crippen molar-refractivity contribution in [3.63, 3.8) is 0 Å². The molecular formula is C34H33F2N7O4. The molecule has 3 aromatic heterocycles. The largest absolute Gasteiger partial charge is 0.494 e. The zero-order valence-electron chi connectivity index (χ0n) is 26.4. The monoisotopic (exact) mass is 641 g/mol. The minimum Gasteiger partial charge on any atom is -0.494 e. The molecule has 0 spiro atoms. The van der Waals surface area contributed by atoms with Crippen LogP contribution in [0.25, 0.3) is 22.2 Å². The van der Waals surface area contributed by atoms with Gasteiger partial charge in [0.1, 0.15) is 11.5 Å². The molecular weight excluding hydrogens is 608 g/mol. The molecule has 1 amide bonds. The summed E-state index contributed by atoms with van der Waals surface area (Å²) in [4.78, 5) is 42.1. The van der Waals surface area contributed by atoms with Crippen molar-refractivity contribution in [1.82, 2.24) is 24.4 Å². The highest BCUT2D eigenvalue weighted by Crippen LogP contribution is 2.37. The highest BCUT2D eigenvalue weighted by molar-refractivity contribution is 5.99. The number of fused-ring (bicyclic) bond motifs is 1. The number of rotatable bonds is 11. The van der Waals surface area contributed by atoms with E-state index in [-0.39, 0.29) is 34.6 Å². The third kappa shape index (κ3) is 7.10. The predicted octanol–water partition coefficient (Wildman–Crippen LogP) is 5.56. The van der Waals surface area contributed by atoms with E-state index in [1.165, 1.54) is 37.1 Å². The van der Waals surface area contributed by atoms with E-state index >= 15 is 8.78 Å². The number of nitrogens with one attached hydrogen (secondary N) is 2. The van der Waals surface area contributed by atoms with Gasteiger partial charge in [0.25, 0.3) is 5.56 Å². The molecule has 0 aliphatic heterocycles. The van der Waals surface area contributed by atoms with Crippen LogP contribution >= 0.6 is 0 Å². The van der Waals surface area contributed by atoms with E-state index in [0.717, 1.165) is 6.07 Å². The van der Waals surface area contributed by atoms with E-state index in [2.05, 4.69) is 25.6 Å². The molecule has 0 bridgehead atoms. The summed E-state index contributed by atoms with van der Waals surface area (Å²) in [7, 11) is 6.25. The van der Waals surface area contributed by atoms with Gasteiger partial charge in [-0.1, -0.05) is 24.3 Å². The standard InChI is InChI=1S/C34H33F2N7O4/c1-20(21-10-8-11-23(16-21)39-28(44)13-9-15-42(2)3)43-32-22(19-38-34(41-32)40-27-12-6-7-14-37-27)17-24(33(43)45)29-30(35)25(46-4)18-26(47-5)31(29)36/h6-14,16-20H,15H2,1-5H3,(H,39,44)(H,37,38,40,41)/b13-9+. The number of halogens is 2. The van der Waals surface area contributed by atoms with Crippen LogP contribution in [-0.4, -0.2) is 65.2 Å². The van der Waals surface area contributed by atoms with Gasteiger partial charge in [0, 0.05) is 42.2 Å². The van der Waals surface area contributed by atoms with E-state index in [4.69, 9.17) is 9.47 Å². The van der Waals surface area contributed by atoms with Gasteiger partial charge in [-0.2, -0.15) is 4.98 Å². The van der Waals surface area contributed by atoms with Crippen LogP contribution in [0.1, 0.15) is 18.5 Å². The van der Waals surface area contributed by atoms with Gasteiger partial charge in [-0.05, 0) is 56.9 Å². The highest BCUT2D eigenvalue weighted by atomic mass is 19.1. The number of amides is 1. The normalized spacial score (nSPS) is 12.0. The van der Waals surface area contributed by atoms with Crippen LogP contribution in [0.2, 0.25) is 0 Å². The Morgan fingerprint density at radius 2 is 1.77 bits per heavy atom. The number of ether oxygens (including phenoxy) is 2. The number of benzene rings is 2. The number of methoxy groups -OCH3 is 2. The lowest BCUT2D eigenvalue weighted by Crippen LogP contribution is -2.27. The number of pyridine rings is 2. The summed E-state index contributed by atoms with van der Waals surface area (Å²) in [6, 6.07) is 13.9. The Morgan fingerprint density at radius 1 is 1.02 bits per heavy atom. The Bertz CT molecular complexity index is 1990. The maximum atomic E-state index is 15.7. The van der Waals surface area contributed by atoms with Crippen LogP contribution in [-0.2, 0) is 4.79 Å². The molecule has 0 saturated heterocycles. The smallest absolute Gasteiger partial charge is 0.260 e. The van der Waals surface area contributed by atoms with Crippen LogP contribution in [0, 0.1) is 11.6 Å². The Labute approximate surface area is 269 Å². The summed E-state index contributed by atoms with van der Waals surface area (Å²) < 4.78 is 43.0. The van der Waals surface area contributed by atoms with Crippen molar-refractivity contribution in [2.24, 2.45) is 0 Å². The maximum Gasteiger partial charge on any atom is 0.260 e. The Morgan fingerprint density at radius 3 is 2.43 bits per heavy atom. The minimum absolute atomic E-state index is 0.148. The molecule has 242 valence electrons. The van der Waals surface area contributed by atoms with Gasteiger partial charge in [-0.15, -0.1) is 0 Å². The van der Waals surface area contributed by atoms with Gasteiger partial charge < -0.3 is 25.0 Å². The molecule has 2 aromatic carbocycles. The first-order chi connectivity index (χ1) is 22.6. The topological polar surface area (TPSA) is 124 Å². The van der Waals surface area contributed by atoms with Crippen molar-refractivity contribution in [2.75, 3.05) is 45.5 Å². The SMILES string of the molecule is COc1cc(OC)c(F)c(-c2cc3cnc(Nc4ccccn4)nc3n(C(C)c3cccc(NC(=O)/C=C/CN(C)C)c3)c2=O)c1F. The lowest BCUT2D eigenvalue weighted by atomic mass is 10.0. The van der Waals surface area contributed by atoms with E-state index in [1.54, 1.807) is 61.7 Å². The number of aromatic nitrogens is 4. The molecule has 1 atom stereocenters. The molecule has 0 radical (unpaired) electrons. The minimum atomic E-state index is -1.07. The molecule has 0 aliphatic carbocycles. The second-order valence-electron chi connectivity index (χ2n) is 10.8. The molecule has 47 heavy (non-hydrogen) atoms. The van der Waals surface area contributed by atoms with E-state index < -0.39 is 28.8 Å². The number of hydrogen-bond donors (Lipinski definition) is 2. The van der Waals surface area contributed by atoms with Gasteiger partial charge >= 0.3 is 0 Å². The average molecular weight is 642 g/mol. The Hall–Kier alpha value is -5.69. The van der Waals surface area contributed by atoms with Gasteiger partial charge in [0.2, 0.25) is 11.9 Å². The first kappa shape index (κ1) is 32.7. The average Bonchev–Trinajstić information content (AvgIpc) is 3.05. The number of carbonyl (C=O) groups excluding carboxylic acids is 1. The molecule has 11 nitrogen and oxygen atoms in total. The van der Waals surface area contributed by atoms with Crippen LogP contribution in [0.5, 0.6) is 11.5 Å². The highest BCUT2D eigenvalue weighted by Gasteiger charge is 2.27. The van der Waals surface area contributed by atoms with Gasteiger partial charge in [-0.3, -0.25) is 14.2 Å².